The minimum Gasteiger partial charge on any atom is -0.369 e. The fraction of sp³-hybridized carbons (Fsp3) is 0. The number of imidazole rings is 1. The summed E-state index contributed by atoms with van der Waals surface area (Å²) in [7, 11) is 0. The van der Waals surface area contributed by atoms with Gasteiger partial charge >= 0.3 is 0 Å². The number of hydrogen-bond donors (Lipinski definition) is 2. The van der Waals surface area contributed by atoms with Crippen molar-refractivity contribution in [2.75, 3.05) is 5.73 Å². The van der Waals surface area contributed by atoms with Gasteiger partial charge in [0.05, 0.1) is 11.9 Å². The van der Waals surface area contributed by atoms with Crippen molar-refractivity contribution in [1.82, 2.24) is 29.7 Å². The van der Waals surface area contributed by atoms with Crippen LogP contribution in [0.5, 0.6) is 0 Å². The van der Waals surface area contributed by atoms with Crippen molar-refractivity contribution in [3.63, 3.8) is 0 Å². The molecule has 7 nitrogen and oxygen atoms in total. The lowest BCUT2D eigenvalue weighted by Crippen LogP contribution is -1.97. The first-order chi connectivity index (χ1) is 8.33. The Morgan fingerprint density at radius 1 is 1.18 bits per heavy atom. The Hall–Kier alpha value is -2.70. The van der Waals surface area contributed by atoms with Gasteiger partial charge in [0, 0.05) is 11.8 Å². The van der Waals surface area contributed by atoms with Gasteiger partial charge < -0.3 is 10.7 Å². The van der Waals surface area contributed by atoms with Gasteiger partial charge in [-0.15, -0.1) is 0 Å². The van der Waals surface area contributed by atoms with Crippen molar-refractivity contribution < 1.29 is 0 Å². The fourth-order valence-electron chi connectivity index (χ4n) is 1.49. The summed E-state index contributed by atoms with van der Waals surface area (Å²) in [6, 6.07) is 3.76. The molecule has 0 amide bonds. The highest BCUT2D eigenvalue weighted by atomic mass is 15.3. The predicted octanol–water partition coefficient (Wildman–Crippen LogP) is 0.635. The van der Waals surface area contributed by atoms with Crippen LogP contribution in [-0.4, -0.2) is 29.7 Å². The van der Waals surface area contributed by atoms with E-state index in [0.29, 0.717) is 11.8 Å². The second kappa shape index (κ2) is 3.71. The van der Waals surface area contributed by atoms with Crippen molar-refractivity contribution in [2.45, 2.75) is 0 Å². The van der Waals surface area contributed by atoms with E-state index in [1.807, 2.05) is 12.1 Å². The van der Waals surface area contributed by atoms with Crippen LogP contribution in [0.1, 0.15) is 0 Å². The molecule has 0 bridgehead atoms. The Morgan fingerprint density at radius 3 is 2.71 bits per heavy atom. The summed E-state index contributed by atoms with van der Waals surface area (Å²) in [5.41, 5.74) is 7.26. The summed E-state index contributed by atoms with van der Waals surface area (Å²) < 4.78 is 1.59. The summed E-state index contributed by atoms with van der Waals surface area (Å²) in [5, 5.41) is 4.00. The number of nitrogen functional groups attached to an aromatic ring is 1. The van der Waals surface area contributed by atoms with E-state index in [2.05, 4.69) is 25.0 Å². The lowest BCUT2D eigenvalue weighted by molar-refractivity contribution is 0.845. The van der Waals surface area contributed by atoms with E-state index in [1.54, 1.807) is 23.4 Å². The summed E-state index contributed by atoms with van der Waals surface area (Å²) in [5.74, 6) is 1.10. The molecule has 17 heavy (non-hydrogen) atoms. The molecule has 0 fully saturated rings. The number of pyridine rings is 1. The Labute approximate surface area is 96.4 Å². The van der Waals surface area contributed by atoms with Crippen molar-refractivity contribution >= 4 is 5.95 Å². The van der Waals surface area contributed by atoms with E-state index in [1.165, 1.54) is 6.33 Å². The first-order valence-electron chi connectivity index (χ1n) is 4.95. The van der Waals surface area contributed by atoms with Crippen LogP contribution < -0.4 is 5.73 Å². The van der Waals surface area contributed by atoms with Gasteiger partial charge in [0.15, 0.2) is 11.8 Å². The van der Waals surface area contributed by atoms with Gasteiger partial charge in [-0.1, -0.05) is 0 Å². The fourth-order valence-corrected chi connectivity index (χ4v) is 1.49. The van der Waals surface area contributed by atoms with Crippen molar-refractivity contribution in [1.29, 1.82) is 0 Å². The third-order valence-corrected chi connectivity index (χ3v) is 2.31. The molecule has 0 aliphatic carbocycles. The molecule has 0 aliphatic rings. The van der Waals surface area contributed by atoms with Gasteiger partial charge in [-0.25, -0.2) is 19.6 Å². The number of aromatic amines is 1. The lowest BCUT2D eigenvalue weighted by atomic mass is 10.2. The van der Waals surface area contributed by atoms with Crippen LogP contribution in [-0.2, 0) is 0 Å². The highest BCUT2D eigenvalue weighted by molar-refractivity contribution is 5.59. The third kappa shape index (κ3) is 1.73. The number of hydrogen-bond acceptors (Lipinski definition) is 5. The van der Waals surface area contributed by atoms with E-state index in [0.717, 1.165) is 11.3 Å². The highest BCUT2D eigenvalue weighted by Gasteiger charge is 2.03. The zero-order valence-electron chi connectivity index (χ0n) is 8.78. The highest BCUT2D eigenvalue weighted by Crippen LogP contribution is 2.17. The topological polar surface area (TPSA) is 98.3 Å². The number of nitrogens with one attached hydrogen (secondary N) is 1. The van der Waals surface area contributed by atoms with Crippen LogP contribution in [0.2, 0.25) is 0 Å². The minimum absolute atomic E-state index is 0.389. The third-order valence-electron chi connectivity index (χ3n) is 2.31. The van der Waals surface area contributed by atoms with Gasteiger partial charge in [-0.2, -0.15) is 5.10 Å². The molecule has 0 atom stereocenters. The van der Waals surface area contributed by atoms with Crippen LogP contribution in [0.4, 0.5) is 5.95 Å². The van der Waals surface area contributed by atoms with Gasteiger partial charge in [-0.05, 0) is 12.1 Å². The molecule has 84 valence electrons. The summed E-state index contributed by atoms with van der Waals surface area (Å²) in [4.78, 5) is 15.0. The molecule has 0 aliphatic heterocycles. The second-order valence-corrected chi connectivity index (χ2v) is 3.43. The van der Waals surface area contributed by atoms with Crippen molar-refractivity contribution in [3.05, 3.63) is 37.2 Å². The molecule has 0 radical (unpaired) electrons. The van der Waals surface area contributed by atoms with Crippen LogP contribution >= 0.6 is 0 Å². The Bertz CT molecular complexity index is 608. The molecule has 0 saturated carbocycles. The molecular weight excluding hydrogens is 218 g/mol. The van der Waals surface area contributed by atoms with E-state index in [9.17, 15) is 0 Å². The number of aromatic nitrogens is 6. The molecule has 3 rings (SSSR count). The normalized spacial score (nSPS) is 10.6. The molecule has 0 spiro atoms. The number of nitrogens with zero attached hydrogens (tertiary/aromatic N) is 5. The van der Waals surface area contributed by atoms with E-state index >= 15 is 0 Å². The minimum atomic E-state index is 0.389. The number of rotatable bonds is 2. The predicted molar refractivity (Wildman–Crippen MR) is 61.1 cm³/mol. The van der Waals surface area contributed by atoms with Crippen LogP contribution in [0.25, 0.3) is 17.1 Å². The maximum absolute atomic E-state index is 5.51. The maximum Gasteiger partial charge on any atom is 0.197 e. The molecule has 7 heteroatoms. The Morgan fingerprint density at radius 2 is 2.12 bits per heavy atom. The van der Waals surface area contributed by atoms with E-state index < -0.39 is 0 Å². The quantitative estimate of drug-likeness (QED) is 0.669. The van der Waals surface area contributed by atoms with Crippen LogP contribution in [0.15, 0.2) is 37.2 Å². The van der Waals surface area contributed by atoms with Crippen molar-refractivity contribution in [2.24, 2.45) is 0 Å². The standard InChI is InChI=1S/C10H9N7/c11-10-14-4-8(16-10)7-1-2-9(13-3-7)17-6-12-5-15-17/h1-6H,(H3,11,14,16). The van der Waals surface area contributed by atoms with Gasteiger partial charge in [0.1, 0.15) is 12.7 Å². The maximum atomic E-state index is 5.51. The molecule has 0 aromatic carbocycles. The van der Waals surface area contributed by atoms with E-state index in [4.69, 9.17) is 5.73 Å². The van der Waals surface area contributed by atoms with Crippen molar-refractivity contribution in [3.8, 4) is 17.1 Å². The Balaban J connectivity index is 1.95. The first kappa shape index (κ1) is 9.52. The molecular formula is C10H9N7. The van der Waals surface area contributed by atoms with E-state index in [-0.39, 0.29) is 0 Å². The molecule has 3 aromatic rings. The van der Waals surface area contributed by atoms with Gasteiger partial charge in [0.2, 0.25) is 0 Å². The molecule has 3 N–H and O–H groups in total. The number of nitrogens with two attached hydrogens (primary N) is 1. The average Bonchev–Trinajstić information content (AvgIpc) is 3.00. The largest absolute Gasteiger partial charge is 0.369 e. The molecule has 0 unspecified atom stereocenters. The average molecular weight is 227 g/mol. The van der Waals surface area contributed by atoms with Crippen LogP contribution in [0, 0.1) is 0 Å². The first-order valence-corrected chi connectivity index (χ1v) is 4.95. The van der Waals surface area contributed by atoms with Gasteiger partial charge in [0.25, 0.3) is 0 Å². The molecule has 3 heterocycles. The second-order valence-electron chi connectivity index (χ2n) is 3.43. The SMILES string of the molecule is Nc1ncc(-c2ccc(-n3cncn3)nc2)[nH]1. The number of anilines is 1. The monoisotopic (exact) mass is 227 g/mol. The molecule has 0 saturated heterocycles. The van der Waals surface area contributed by atoms with Crippen LogP contribution in [0.3, 0.4) is 0 Å². The summed E-state index contributed by atoms with van der Waals surface area (Å²) >= 11 is 0. The zero-order chi connectivity index (χ0) is 11.7. The summed E-state index contributed by atoms with van der Waals surface area (Å²) in [6.45, 7) is 0. The van der Waals surface area contributed by atoms with Gasteiger partial charge in [-0.3, -0.25) is 0 Å². The molecule has 3 aromatic heterocycles. The Kier molecular flexibility index (Phi) is 2.08. The number of H-pyrrole nitrogens is 1. The zero-order valence-corrected chi connectivity index (χ0v) is 8.78. The lowest BCUT2D eigenvalue weighted by Gasteiger charge is -2.00. The smallest absolute Gasteiger partial charge is 0.197 e. The summed E-state index contributed by atoms with van der Waals surface area (Å²) in [6.07, 6.45) is 6.45.